The highest BCUT2D eigenvalue weighted by molar-refractivity contribution is 5.26. The molecule has 1 N–H and O–H groups in total. The van der Waals surface area contributed by atoms with Gasteiger partial charge in [-0.3, -0.25) is 0 Å². The minimum absolute atomic E-state index is 0.415. The number of aromatic nitrogens is 2. The van der Waals surface area contributed by atoms with Gasteiger partial charge in [0.25, 0.3) is 0 Å². The van der Waals surface area contributed by atoms with E-state index < -0.39 is 0 Å². The molecule has 80 valence electrons. The van der Waals surface area contributed by atoms with E-state index in [0.29, 0.717) is 6.04 Å². The maximum Gasteiger partial charge on any atom is 0.202 e. The predicted octanol–water partition coefficient (Wildman–Crippen LogP) is 1.74. The van der Waals surface area contributed by atoms with Crippen LogP contribution in [0, 0.1) is 0 Å². The van der Waals surface area contributed by atoms with E-state index in [2.05, 4.69) is 28.7 Å². The number of rotatable bonds is 6. The van der Waals surface area contributed by atoms with Gasteiger partial charge < -0.3 is 14.6 Å². The Bertz CT molecular complexity index is 258. The molecule has 0 atom stereocenters. The number of nitrogens with one attached hydrogen (secondary N) is 1. The highest BCUT2D eigenvalue weighted by Gasteiger charge is 2.02. The van der Waals surface area contributed by atoms with Crippen LogP contribution in [-0.4, -0.2) is 29.3 Å². The first-order valence-corrected chi connectivity index (χ1v) is 5.00. The molecule has 0 aliphatic rings. The lowest BCUT2D eigenvalue weighted by Crippen LogP contribution is -2.15. The number of anilines is 1. The van der Waals surface area contributed by atoms with E-state index in [1.165, 1.54) is 0 Å². The van der Waals surface area contributed by atoms with Gasteiger partial charge in [0.2, 0.25) is 5.95 Å². The van der Waals surface area contributed by atoms with Crippen molar-refractivity contribution >= 4 is 5.95 Å². The molecule has 0 spiro atoms. The first kappa shape index (κ1) is 11.0. The number of hydrogen-bond acceptors (Lipinski definition) is 3. The Kier molecular flexibility index (Phi) is 4.46. The van der Waals surface area contributed by atoms with Crippen LogP contribution in [0.1, 0.15) is 20.3 Å². The van der Waals surface area contributed by atoms with E-state index >= 15 is 0 Å². The number of hydrogen-bond donors (Lipinski definition) is 1. The van der Waals surface area contributed by atoms with Crippen molar-refractivity contribution in [2.75, 3.05) is 19.0 Å². The third kappa shape index (κ3) is 3.38. The molecule has 4 nitrogen and oxygen atoms in total. The minimum Gasteiger partial charge on any atom is -0.385 e. The summed E-state index contributed by atoms with van der Waals surface area (Å²) in [4.78, 5) is 4.25. The quantitative estimate of drug-likeness (QED) is 0.706. The van der Waals surface area contributed by atoms with Gasteiger partial charge in [0, 0.05) is 38.7 Å². The van der Waals surface area contributed by atoms with Gasteiger partial charge in [0.1, 0.15) is 0 Å². The topological polar surface area (TPSA) is 39.1 Å². The third-order valence-electron chi connectivity index (χ3n) is 1.88. The Labute approximate surface area is 85.3 Å². The van der Waals surface area contributed by atoms with Crippen LogP contribution in [0.2, 0.25) is 0 Å². The Balaban J connectivity index is 2.45. The van der Waals surface area contributed by atoms with Gasteiger partial charge in [0.15, 0.2) is 0 Å². The van der Waals surface area contributed by atoms with E-state index in [1.807, 2.05) is 12.4 Å². The van der Waals surface area contributed by atoms with Crippen molar-refractivity contribution in [1.29, 1.82) is 0 Å². The molecule has 1 aromatic rings. The summed E-state index contributed by atoms with van der Waals surface area (Å²) < 4.78 is 7.12. The lowest BCUT2D eigenvalue weighted by atomic mass is 10.4. The van der Waals surface area contributed by atoms with Crippen LogP contribution in [0.15, 0.2) is 12.4 Å². The van der Waals surface area contributed by atoms with Crippen LogP contribution in [-0.2, 0) is 11.3 Å². The largest absolute Gasteiger partial charge is 0.385 e. The molecule has 0 saturated carbocycles. The molecule has 0 fully saturated rings. The molecule has 0 saturated heterocycles. The highest BCUT2D eigenvalue weighted by Crippen LogP contribution is 2.06. The molecule has 14 heavy (non-hydrogen) atoms. The van der Waals surface area contributed by atoms with Crippen molar-refractivity contribution in [1.82, 2.24) is 9.55 Å². The van der Waals surface area contributed by atoms with Gasteiger partial charge >= 0.3 is 0 Å². The molecule has 1 heterocycles. The number of aryl methyl sites for hydroxylation is 1. The van der Waals surface area contributed by atoms with Crippen molar-refractivity contribution in [3.05, 3.63) is 12.4 Å². The fraction of sp³-hybridized carbons (Fsp3) is 0.700. The molecule has 0 unspecified atom stereocenters. The summed E-state index contributed by atoms with van der Waals surface area (Å²) in [5.41, 5.74) is 0. The number of nitrogens with zero attached hydrogens (tertiary/aromatic N) is 2. The molecule has 0 amide bonds. The zero-order valence-corrected chi connectivity index (χ0v) is 9.16. The molecule has 4 heteroatoms. The van der Waals surface area contributed by atoms with Crippen molar-refractivity contribution in [2.45, 2.75) is 32.9 Å². The molecule has 0 bridgehead atoms. The SMILES string of the molecule is COCCCn1ccnc1NC(C)C. The van der Waals surface area contributed by atoms with E-state index in [1.54, 1.807) is 7.11 Å². The normalized spacial score (nSPS) is 10.9. The zero-order chi connectivity index (χ0) is 10.4. The van der Waals surface area contributed by atoms with Gasteiger partial charge in [-0.25, -0.2) is 4.98 Å². The minimum atomic E-state index is 0.415. The fourth-order valence-electron chi connectivity index (χ4n) is 1.27. The number of methoxy groups -OCH3 is 1. The Hall–Kier alpha value is -1.03. The lowest BCUT2D eigenvalue weighted by molar-refractivity contribution is 0.190. The number of imidazole rings is 1. The Morgan fingerprint density at radius 2 is 2.36 bits per heavy atom. The molecule has 0 aromatic carbocycles. The second-order valence-corrected chi connectivity index (χ2v) is 3.59. The average Bonchev–Trinajstić information content (AvgIpc) is 2.52. The van der Waals surface area contributed by atoms with E-state index in [4.69, 9.17) is 4.74 Å². The summed E-state index contributed by atoms with van der Waals surface area (Å²) in [6.45, 7) is 5.95. The van der Waals surface area contributed by atoms with Crippen molar-refractivity contribution in [2.24, 2.45) is 0 Å². The van der Waals surface area contributed by atoms with Gasteiger partial charge in [0.05, 0.1) is 0 Å². The van der Waals surface area contributed by atoms with Crippen molar-refractivity contribution in [3.63, 3.8) is 0 Å². The molecular formula is C10H19N3O. The summed E-state index contributed by atoms with van der Waals surface area (Å²) in [6, 6.07) is 0.415. The predicted molar refractivity (Wildman–Crippen MR) is 57.5 cm³/mol. The number of ether oxygens (including phenoxy) is 1. The van der Waals surface area contributed by atoms with Gasteiger partial charge in [-0.05, 0) is 20.3 Å². The Morgan fingerprint density at radius 3 is 3.00 bits per heavy atom. The molecule has 0 aliphatic carbocycles. The van der Waals surface area contributed by atoms with Crippen LogP contribution >= 0.6 is 0 Å². The van der Waals surface area contributed by atoms with Crippen molar-refractivity contribution < 1.29 is 4.74 Å². The molecular weight excluding hydrogens is 178 g/mol. The first-order chi connectivity index (χ1) is 6.74. The van der Waals surface area contributed by atoms with E-state index in [-0.39, 0.29) is 0 Å². The summed E-state index contributed by atoms with van der Waals surface area (Å²) >= 11 is 0. The van der Waals surface area contributed by atoms with Crippen LogP contribution in [0.5, 0.6) is 0 Å². The van der Waals surface area contributed by atoms with Crippen LogP contribution in [0.3, 0.4) is 0 Å². The lowest BCUT2D eigenvalue weighted by Gasteiger charge is -2.11. The smallest absolute Gasteiger partial charge is 0.202 e. The average molecular weight is 197 g/mol. The summed E-state index contributed by atoms with van der Waals surface area (Å²) in [6.07, 6.45) is 4.82. The second kappa shape index (κ2) is 5.65. The third-order valence-corrected chi connectivity index (χ3v) is 1.88. The molecule has 0 aliphatic heterocycles. The van der Waals surface area contributed by atoms with Crippen molar-refractivity contribution in [3.8, 4) is 0 Å². The van der Waals surface area contributed by atoms with Crippen LogP contribution < -0.4 is 5.32 Å². The fourth-order valence-corrected chi connectivity index (χ4v) is 1.27. The Morgan fingerprint density at radius 1 is 1.57 bits per heavy atom. The monoisotopic (exact) mass is 197 g/mol. The molecule has 0 radical (unpaired) electrons. The summed E-state index contributed by atoms with van der Waals surface area (Å²) in [7, 11) is 1.72. The first-order valence-electron chi connectivity index (χ1n) is 5.00. The second-order valence-electron chi connectivity index (χ2n) is 3.59. The maximum atomic E-state index is 5.01. The standard InChI is InChI=1S/C10H19N3O/c1-9(2)12-10-11-5-7-13(10)6-4-8-14-3/h5,7,9H,4,6,8H2,1-3H3,(H,11,12). The summed E-state index contributed by atoms with van der Waals surface area (Å²) in [5, 5.41) is 3.29. The van der Waals surface area contributed by atoms with E-state index in [0.717, 1.165) is 25.5 Å². The maximum absolute atomic E-state index is 5.01. The zero-order valence-electron chi connectivity index (χ0n) is 9.16. The van der Waals surface area contributed by atoms with E-state index in [9.17, 15) is 0 Å². The van der Waals surface area contributed by atoms with Gasteiger partial charge in [-0.1, -0.05) is 0 Å². The molecule has 1 rings (SSSR count). The van der Waals surface area contributed by atoms with Gasteiger partial charge in [-0.15, -0.1) is 0 Å². The van der Waals surface area contributed by atoms with Crippen LogP contribution in [0.25, 0.3) is 0 Å². The highest BCUT2D eigenvalue weighted by atomic mass is 16.5. The van der Waals surface area contributed by atoms with Gasteiger partial charge in [-0.2, -0.15) is 0 Å². The molecule has 1 aromatic heterocycles. The van der Waals surface area contributed by atoms with Crippen LogP contribution in [0.4, 0.5) is 5.95 Å². The summed E-state index contributed by atoms with van der Waals surface area (Å²) in [5.74, 6) is 0.941.